The van der Waals surface area contributed by atoms with Crippen LogP contribution < -0.4 is 0 Å². The summed E-state index contributed by atoms with van der Waals surface area (Å²) in [5, 5.41) is 5.46. The molecule has 1 aromatic heterocycles. The van der Waals surface area contributed by atoms with Crippen molar-refractivity contribution in [2.75, 3.05) is 0 Å². The maximum atomic E-state index is 2.46. The number of hydrogen-bond donors (Lipinski definition) is 0. The van der Waals surface area contributed by atoms with E-state index in [2.05, 4.69) is 138 Å². The maximum absolute atomic E-state index is 2.46. The summed E-state index contributed by atoms with van der Waals surface area (Å²) in [5.74, 6) is 1.22. The summed E-state index contributed by atoms with van der Waals surface area (Å²) in [6, 6.07) is 32.6. The topological polar surface area (TPSA) is 4.93 Å². The van der Waals surface area contributed by atoms with Crippen molar-refractivity contribution in [3.8, 4) is 16.8 Å². The third-order valence-corrected chi connectivity index (χ3v) is 8.19. The van der Waals surface area contributed by atoms with E-state index in [0.29, 0.717) is 11.8 Å². The van der Waals surface area contributed by atoms with Crippen molar-refractivity contribution in [1.82, 2.24) is 4.57 Å². The van der Waals surface area contributed by atoms with Crippen molar-refractivity contribution in [2.24, 2.45) is 11.8 Å². The predicted molar refractivity (Wildman–Crippen MR) is 175 cm³/mol. The Morgan fingerprint density at radius 3 is 1.73 bits per heavy atom. The van der Waals surface area contributed by atoms with Gasteiger partial charge in [0.05, 0.1) is 11.0 Å². The molecule has 0 saturated carbocycles. The maximum Gasteiger partial charge on any atom is 0.0547 e. The second-order valence-electron chi connectivity index (χ2n) is 12.8. The van der Waals surface area contributed by atoms with Gasteiger partial charge in [-0.2, -0.15) is 0 Å². The molecule has 1 heterocycles. The fraction of sp³-hybridized carbons (Fsp3) is 0.282. The van der Waals surface area contributed by atoms with Crippen LogP contribution in [0.3, 0.4) is 0 Å². The largest absolute Gasteiger partial charge is 0.309 e. The zero-order chi connectivity index (χ0) is 28.1. The highest BCUT2D eigenvalue weighted by Crippen LogP contribution is 2.38. The van der Waals surface area contributed by atoms with E-state index in [-0.39, 0.29) is 0 Å². The van der Waals surface area contributed by atoms with Crippen LogP contribution in [0.4, 0.5) is 0 Å². The molecule has 0 aliphatic heterocycles. The first-order valence-corrected chi connectivity index (χ1v) is 14.9. The quantitative estimate of drug-likeness (QED) is 0.205. The number of rotatable bonds is 6. The molecule has 1 nitrogen and oxygen atoms in total. The van der Waals surface area contributed by atoms with Gasteiger partial charge in [-0.05, 0) is 114 Å². The summed E-state index contributed by atoms with van der Waals surface area (Å²) in [6.45, 7) is 15.9. The molecule has 6 aromatic rings. The van der Waals surface area contributed by atoms with Crippen molar-refractivity contribution in [3.63, 3.8) is 0 Å². The average molecular weight is 524 g/mol. The number of hydrogen-bond acceptors (Lipinski definition) is 0. The van der Waals surface area contributed by atoms with Crippen LogP contribution in [0.1, 0.15) is 55.5 Å². The van der Waals surface area contributed by atoms with E-state index < -0.39 is 0 Å². The van der Waals surface area contributed by atoms with E-state index in [0.717, 1.165) is 12.8 Å². The molecule has 1 heteroatoms. The molecule has 6 rings (SSSR count). The van der Waals surface area contributed by atoms with E-state index in [1.807, 2.05) is 0 Å². The number of aryl methyl sites for hydroxylation is 3. The molecular weight excluding hydrogens is 482 g/mol. The van der Waals surface area contributed by atoms with Gasteiger partial charge in [0.1, 0.15) is 0 Å². The fourth-order valence-corrected chi connectivity index (χ4v) is 6.44. The Hall–Kier alpha value is -3.84. The van der Waals surface area contributed by atoms with Crippen LogP contribution in [-0.2, 0) is 12.8 Å². The fourth-order valence-electron chi connectivity index (χ4n) is 6.44. The Balaban J connectivity index is 1.63. The van der Waals surface area contributed by atoms with Gasteiger partial charge in [0.2, 0.25) is 0 Å². The lowest BCUT2D eigenvalue weighted by Crippen LogP contribution is -2.01. The molecule has 0 aliphatic carbocycles. The monoisotopic (exact) mass is 523 g/mol. The number of fused-ring (bicyclic) bond motifs is 4. The summed E-state index contributed by atoms with van der Waals surface area (Å²) < 4.78 is 2.45. The molecule has 0 spiro atoms. The molecule has 202 valence electrons. The van der Waals surface area contributed by atoms with Gasteiger partial charge >= 0.3 is 0 Å². The molecule has 0 atom stereocenters. The summed E-state index contributed by atoms with van der Waals surface area (Å²) in [7, 11) is 0. The minimum atomic E-state index is 0.599. The molecule has 0 N–H and O–H groups in total. The Morgan fingerprint density at radius 2 is 1.05 bits per heavy atom. The highest BCUT2D eigenvalue weighted by molar-refractivity contribution is 6.10. The number of benzene rings is 5. The van der Waals surface area contributed by atoms with Crippen LogP contribution in [0.5, 0.6) is 0 Å². The van der Waals surface area contributed by atoms with Gasteiger partial charge in [0, 0.05) is 16.5 Å². The summed E-state index contributed by atoms with van der Waals surface area (Å²) in [6.07, 6.45) is 2.18. The molecule has 0 bridgehead atoms. The van der Waals surface area contributed by atoms with Crippen LogP contribution in [0.15, 0.2) is 84.9 Å². The Labute approximate surface area is 239 Å². The van der Waals surface area contributed by atoms with Crippen LogP contribution in [0.25, 0.3) is 49.4 Å². The smallest absolute Gasteiger partial charge is 0.0547 e. The lowest BCUT2D eigenvalue weighted by Gasteiger charge is -2.17. The van der Waals surface area contributed by atoms with E-state index >= 15 is 0 Å². The molecular formula is C39H41N. The Bertz CT molecular complexity index is 1860. The third-order valence-electron chi connectivity index (χ3n) is 8.19. The summed E-state index contributed by atoms with van der Waals surface area (Å²) in [5.41, 5.74) is 13.2. The van der Waals surface area contributed by atoms with Crippen LogP contribution in [-0.4, -0.2) is 4.57 Å². The van der Waals surface area contributed by atoms with Crippen molar-refractivity contribution < 1.29 is 0 Å². The standard InChI is InChI=1S/C39H41N/c1-24(2)16-31-18-28(7)19-36-32(17-25(3)4)21-30(22-37(31)36)29-11-15-35-34-14-10-27(6)20-38(34)40(39(35)23-29)33-12-8-26(5)9-13-33/h8-15,18-25H,16-17H2,1-7H3. The zero-order valence-electron chi connectivity index (χ0n) is 25.1. The average Bonchev–Trinajstić information content (AvgIpc) is 3.21. The molecule has 0 fully saturated rings. The lowest BCUT2D eigenvalue weighted by molar-refractivity contribution is 0.647. The van der Waals surface area contributed by atoms with Gasteiger partial charge in [0.15, 0.2) is 0 Å². The van der Waals surface area contributed by atoms with Gasteiger partial charge in [0.25, 0.3) is 0 Å². The summed E-state index contributed by atoms with van der Waals surface area (Å²) in [4.78, 5) is 0. The summed E-state index contributed by atoms with van der Waals surface area (Å²) >= 11 is 0. The van der Waals surface area contributed by atoms with Gasteiger partial charge in [-0.1, -0.05) is 93.4 Å². The lowest BCUT2D eigenvalue weighted by atomic mass is 9.87. The molecule has 40 heavy (non-hydrogen) atoms. The molecule has 0 aliphatic rings. The van der Waals surface area contributed by atoms with Crippen LogP contribution >= 0.6 is 0 Å². The van der Waals surface area contributed by atoms with E-state index in [9.17, 15) is 0 Å². The number of nitrogens with zero attached hydrogens (tertiary/aromatic N) is 1. The molecule has 0 unspecified atom stereocenters. The zero-order valence-corrected chi connectivity index (χ0v) is 25.1. The first-order valence-electron chi connectivity index (χ1n) is 14.9. The first-order chi connectivity index (χ1) is 19.2. The highest BCUT2D eigenvalue weighted by atomic mass is 15.0. The minimum absolute atomic E-state index is 0.599. The normalized spacial score (nSPS) is 12.0. The van der Waals surface area contributed by atoms with E-state index in [1.165, 1.54) is 77.2 Å². The third kappa shape index (κ3) is 4.83. The molecule has 0 radical (unpaired) electrons. The van der Waals surface area contributed by atoms with Crippen LogP contribution in [0.2, 0.25) is 0 Å². The highest BCUT2D eigenvalue weighted by Gasteiger charge is 2.16. The van der Waals surface area contributed by atoms with Crippen molar-refractivity contribution in [2.45, 2.75) is 61.3 Å². The molecule has 0 amide bonds. The Kier molecular flexibility index (Phi) is 6.78. The van der Waals surface area contributed by atoms with Crippen molar-refractivity contribution in [1.29, 1.82) is 0 Å². The Morgan fingerprint density at radius 1 is 0.475 bits per heavy atom. The SMILES string of the molecule is Cc1ccc(-n2c3cc(C)ccc3c3ccc(-c4cc(CC(C)C)c5cc(C)cc(CC(C)C)c5c4)cc32)cc1. The second-order valence-corrected chi connectivity index (χ2v) is 12.8. The van der Waals surface area contributed by atoms with Crippen LogP contribution in [0, 0.1) is 32.6 Å². The van der Waals surface area contributed by atoms with E-state index in [1.54, 1.807) is 0 Å². The van der Waals surface area contributed by atoms with Crippen molar-refractivity contribution >= 4 is 32.6 Å². The van der Waals surface area contributed by atoms with Gasteiger partial charge in [-0.3, -0.25) is 0 Å². The molecule has 0 saturated heterocycles. The molecule has 5 aromatic carbocycles. The first kappa shape index (κ1) is 26.4. The second kappa shape index (κ2) is 10.3. The van der Waals surface area contributed by atoms with Gasteiger partial charge in [-0.15, -0.1) is 0 Å². The van der Waals surface area contributed by atoms with Crippen molar-refractivity contribution in [3.05, 3.63) is 113 Å². The van der Waals surface area contributed by atoms with Gasteiger partial charge < -0.3 is 4.57 Å². The van der Waals surface area contributed by atoms with E-state index in [4.69, 9.17) is 0 Å². The van der Waals surface area contributed by atoms with Gasteiger partial charge in [-0.25, -0.2) is 0 Å². The minimum Gasteiger partial charge on any atom is -0.309 e. The predicted octanol–water partition coefficient (Wildman–Crippen LogP) is 10.9. The number of aromatic nitrogens is 1.